The van der Waals surface area contributed by atoms with Gasteiger partial charge in [0, 0.05) is 34.0 Å². The van der Waals surface area contributed by atoms with Crippen LogP contribution in [-0.4, -0.2) is 11.9 Å². The van der Waals surface area contributed by atoms with E-state index in [0.29, 0.717) is 6.42 Å². The SMILES string of the molecule is CC(C)Oc1ccccc1[C@H]1Nc2ccccc2NC2=C1C(=O)C[C@@H](c1cccs1)C2. The molecule has 0 spiro atoms. The van der Waals surface area contributed by atoms with Crippen molar-refractivity contribution in [2.45, 2.75) is 44.8 Å². The highest BCUT2D eigenvalue weighted by Crippen LogP contribution is 2.46. The second-order valence-electron chi connectivity index (χ2n) is 8.39. The Balaban J connectivity index is 1.64. The number of Topliss-reactive ketones (excluding diaryl/α,β-unsaturated/α-hetero) is 1. The molecule has 0 bridgehead atoms. The van der Waals surface area contributed by atoms with E-state index in [1.165, 1.54) is 4.88 Å². The smallest absolute Gasteiger partial charge is 0.163 e. The number of allylic oxidation sites excluding steroid dienone is 1. The maximum atomic E-state index is 13.6. The first kappa shape index (κ1) is 19.9. The topological polar surface area (TPSA) is 50.4 Å². The average molecular weight is 431 g/mol. The standard InChI is InChI=1S/C26H26N2O2S/c1-16(2)30-23-11-6-3-8-18(23)26-25-21(27-19-9-4-5-10-20(19)28-26)14-17(15-22(25)29)24-12-7-13-31-24/h3-13,16-17,26-28H,14-15H2,1-2H3/t17-,26+/m0/s1. The van der Waals surface area contributed by atoms with Crippen LogP contribution in [0.4, 0.5) is 11.4 Å². The highest BCUT2D eigenvalue weighted by atomic mass is 32.1. The molecule has 0 saturated carbocycles. The van der Waals surface area contributed by atoms with E-state index in [1.807, 2.05) is 44.2 Å². The van der Waals surface area contributed by atoms with E-state index in [2.05, 4.69) is 46.3 Å². The fourth-order valence-corrected chi connectivity index (χ4v) is 5.36. The zero-order chi connectivity index (χ0) is 21.4. The van der Waals surface area contributed by atoms with Gasteiger partial charge in [0.1, 0.15) is 5.75 Å². The highest BCUT2D eigenvalue weighted by Gasteiger charge is 2.37. The van der Waals surface area contributed by atoms with Crippen molar-refractivity contribution in [2.24, 2.45) is 0 Å². The number of anilines is 2. The summed E-state index contributed by atoms with van der Waals surface area (Å²) in [5.41, 5.74) is 4.81. The van der Waals surface area contributed by atoms with Crippen LogP contribution in [0.1, 0.15) is 49.1 Å². The highest BCUT2D eigenvalue weighted by molar-refractivity contribution is 7.10. The molecule has 4 nitrogen and oxygen atoms in total. The molecule has 0 radical (unpaired) electrons. The lowest BCUT2D eigenvalue weighted by Crippen LogP contribution is -2.27. The van der Waals surface area contributed by atoms with Gasteiger partial charge >= 0.3 is 0 Å². The van der Waals surface area contributed by atoms with E-state index in [1.54, 1.807) is 11.3 Å². The molecule has 31 heavy (non-hydrogen) atoms. The van der Waals surface area contributed by atoms with Crippen molar-refractivity contribution in [1.29, 1.82) is 0 Å². The lowest BCUT2D eigenvalue weighted by Gasteiger charge is -2.30. The molecule has 2 heterocycles. The van der Waals surface area contributed by atoms with Gasteiger partial charge in [-0.25, -0.2) is 0 Å². The van der Waals surface area contributed by atoms with Crippen molar-refractivity contribution in [3.05, 3.63) is 87.8 Å². The lowest BCUT2D eigenvalue weighted by atomic mass is 9.80. The summed E-state index contributed by atoms with van der Waals surface area (Å²) in [6.07, 6.45) is 1.40. The van der Waals surface area contributed by atoms with Gasteiger partial charge in [-0.2, -0.15) is 0 Å². The van der Waals surface area contributed by atoms with E-state index >= 15 is 0 Å². The number of nitrogens with one attached hydrogen (secondary N) is 2. The van der Waals surface area contributed by atoms with Gasteiger partial charge in [0.25, 0.3) is 0 Å². The summed E-state index contributed by atoms with van der Waals surface area (Å²) in [6.45, 7) is 4.05. The van der Waals surface area contributed by atoms with Gasteiger partial charge in [-0.15, -0.1) is 11.3 Å². The van der Waals surface area contributed by atoms with Crippen LogP contribution in [0.3, 0.4) is 0 Å². The third-order valence-corrected chi connectivity index (χ3v) is 6.88. The predicted octanol–water partition coefficient (Wildman–Crippen LogP) is 6.51. The van der Waals surface area contributed by atoms with Crippen LogP contribution in [0.5, 0.6) is 5.75 Å². The number of benzene rings is 2. The van der Waals surface area contributed by atoms with Crippen molar-refractivity contribution in [2.75, 3.05) is 10.6 Å². The first-order valence-electron chi connectivity index (χ1n) is 10.8. The summed E-state index contributed by atoms with van der Waals surface area (Å²) in [4.78, 5) is 14.9. The number of rotatable bonds is 4. The Bertz CT molecular complexity index is 1130. The number of hydrogen-bond donors (Lipinski definition) is 2. The number of ether oxygens (including phenoxy) is 1. The van der Waals surface area contributed by atoms with E-state index < -0.39 is 0 Å². The normalized spacial score (nSPS) is 20.4. The van der Waals surface area contributed by atoms with Gasteiger partial charge in [0.15, 0.2) is 5.78 Å². The van der Waals surface area contributed by atoms with Gasteiger partial charge in [0.2, 0.25) is 0 Å². The van der Waals surface area contributed by atoms with E-state index in [4.69, 9.17) is 4.74 Å². The molecule has 1 aliphatic heterocycles. The van der Waals surface area contributed by atoms with Gasteiger partial charge in [0.05, 0.1) is 23.5 Å². The average Bonchev–Trinajstić information content (AvgIpc) is 3.23. The van der Waals surface area contributed by atoms with Crippen LogP contribution in [-0.2, 0) is 4.79 Å². The van der Waals surface area contributed by atoms with Crippen LogP contribution in [0.25, 0.3) is 0 Å². The second kappa shape index (κ2) is 8.23. The fourth-order valence-electron chi connectivity index (χ4n) is 4.53. The number of para-hydroxylation sites is 3. The van der Waals surface area contributed by atoms with Crippen LogP contribution in [0.2, 0.25) is 0 Å². The molecule has 5 rings (SSSR count). The third kappa shape index (κ3) is 3.86. The first-order chi connectivity index (χ1) is 15.1. The molecule has 1 aliphatic carbocycles. The van der Waals surface area contributed by atoms with E-state index in [9.17, 15) is 4.79 Å². The minimum Gasteiger partial charge on any atom is -0.491 e. The van der Waals surface area contributed by atoms with Gasteiger partial charge < -0.3 is 15.4 Å². The predicted molar refractivity (Wildman–Crippen MR) is 127 cm³/mol. The first-order valence-corrected chi connectivity index (χ1v) is 11.7. The molecule has 3 aromatic rings. The summed E-state index contributed by atoms with van der Waals surface area (Å²) in [5, 5.41) is 9.34. The molecule has 2 atom stereocenters. The summed E-state index contributed by atoms with van der Waals surface area (Å²) < 4.78 is 6.13. The number of ketones is 1. The second-order valence-corrected chi connectivity index (χ2v) is 9.37. The number of carbonyl (C=O) groups is 1. The number of hydrogen-bond acceptors (Lipinski definition) is 5. The summed E-state index contributed by atoms with van der Waals surface area (Å²) >= 11 is 1.73. The number of thiophene rings is 1. The van der Waals surface area contributed by atoms with Crippen LogP contribution >= 0.6 is 11.3 Å². The molecule has 2 N–H and O–H groups in total. The quantitative estimate of drug-likeness (QED) is 0.495. The Labute approximate surface area is 187 Å². The molecule has 2 aromatic carbocycles. The zero-order valence-corrected chi connectivity index (χ0v) is 18.5. The van der Waals surface area contributed by atoms with Gasteiger partial charge in [-0.1, -0.05) is 36.4 Å². The van der Waals surface area contributed by atoms with Crippen molar-refractivity contribution in [3.8, 4) is 5.75 Å². The van der Waals surface area contributed by atoms with Crippen LogP contribution in [0, 0.1) is 0 Å². The van der Waals surface area contributed by atoms with Gasteiger partial charge in [-0.3, -0.25) is 4.79 Å². The summed E-state index contributed by atoms with van der Waals surface area (Å²) in [5.74, 6) is 1.22. The van der Waals surface area contributed by atoms with Crippen LogP contribution < -0.4 is 15.4 Å². The molecular formula is C26H26N2O2S. The monoisotopic (exact) mass is 430 g/mol. The Morgan fingerprint density at radius 1 is 0.968 bits per heavy atom. The van der Waals surface area contributed by atoms with Crippen molar-refractivity contribution < 1.29 is 9.53 Å². The van der Waals surface area contributed by atoms with Crippen molar-refractivity contribution in [3.63, 3.8) is 0 Å². The van der Waals surface area contributed by atoms with Crippen molar-refractivity contribution >= 4 is 28.5 Å². The van der Waals surface area contributed by atoms with Crippen molar-refractivity contribution in [1.82, 2.24) is 0 Å². The van der Waals surface area contributed by atoms with Crippen LogP contribution in [0.15, 0.2) is 77.3 Å². The zero-order valence-electron chi connectivity index (χ0n) is 17.7. The molecule has 1 aromatic heterocycles. The molecule has 0 saturated heterocycles. The van der Waals surface area contributed by atoms with Gasteiger partial charge in [-0.05, 0) is 49.9 Å². The Morgan fingerprint density at radius 2 is 1.74 bits per heavy atom. The maximum absolute atomic E-state index is 13.6. The number of carbonyl (C=O) groups excluding carboxylic acids is 1. The number of fused-ring (bicyclic) bond motifs is 1. The Morgan fingerprint density at radius 3 is 2.52 bits per heavy atom. The molecule has 2 aliphatic rings. The molecule has 0 fully saturated rings. The lowest BCUT2D eigenvalue weighted by molar-refractivity contribution is -0.116. The molecular weight excluding hydrogens is 404 g/mol. The Kier molecular flexibility index (Phi) is 5.28. The molecule has 0 unspecified atom stereocenters. The molecule has 5 heteroatoms. The maximum Gasteiger partial charge on any atom is 0.163 e. The molecule has 0 amide bonds. The van der Waals surface area contributed by atoms with E-state index in [-0.39, 0.29) is 23.8 Å². The van der Waals surface area contributed by atoms with E-state index in [0.717, 1.165) is 40.4 Å². The fraction of sp³-hybridized carbons (Fsp3) is 0.269. The molecule has 158 valence electrons. The largest absolute Gasteiger partial charge is 0.491 e. The Hall–Kier alpha value is -3.05. The summed E-state index contributed by atoms with van der Waals surface area (Å²) in [7, 11) is 0. The summed E-state index contributed by atoms with van der Waals surface area (Å²) in [6, 6.07) is 20.1. The minimum atomic E-state index is -0.266. The third-order valence-electron chi connectivity index (χ3n) is 5.85. The minimum absolute atomic E-state index is 0.0519.